The fourth-order valence-corrected chi connectivity index (χ4v) is 4.49. The SMILES string of the molecule is COc1cc2nc(NCc3cccs3)nc(NC3CCCCCC3)c2cc1OC. The van der Waals surface area contributed by atoms with Crippen LogP contribution in [-0.4, -0.2) is 30.2 Å². The van der Waals surface area contributed by atoms with E-state index in [4.69, 9.17) is 19.4 Å². The maximum absolute atomic E-state index is 5.51. The fraction of sp³-hybridized carbons (Fsp3) is 0.455. The van der Waals surface area contributed by atoms with Crippen LogP contribution in [0.5, 0.6) is 11.5 Å². The molecule has 0 atom stereocenters. The number of hydrogen-bond donors (Lipinski definition) is 2. The second-order valence-corrected chi connectivity index (χ2v) is 8.42. The van der Waals surface area contributed by atoms with Crippen molar-refractivity contribution in [3.63, 3.8) is 0 Å². The lowest BCUT2D eigenvalue weighted by molar-refractivity contribution is 0.356. The maximum Gasteiger partial charge on any atom is 0.225 e. The van der Waals surface area contributed by atoms with Gasteiger partial charge in [-0.2, -0.15) is 4.98 Å². The Morgan fingerprint density at radius 2 is 1.79 bits per heavy atom. The Kier molecular flexibility index (Phi) is 6.34. The fourth-order valence-electron chi connectivity index (χ4n) is 3.84. The molecule has 4 rings (SSSR count). The Balaban J connectivity index is 1.69. The van der Waals surface area contributed by atoms with Crippen molar-refractivity contribution in [2.24, 2.45) is 0 Å². The van der Waals surface area contributed by atoms with E-state index >= 15 is 0 Å². The van der Waals surface area contributed by atoms with E-state index in [0.717, 1.165) is 16.7 Å². The summed E-state index contributed by atoms with van der Waals surface area (Å²) in [6.45, 7) is 0.708. The molecule has 1 fully saturated rings. The van der Waals surface area contributed by atoms with Crippen LogP contribution in [0, 0.1) is 0 Å². The first-order valence-corrected chi connectivity index (χ1v) is 11.1. The second kappa shape index (κ2) is 9.31. The zero-order valence-electron chi connectivity index (χ0n) is 17.0. The molecule has 0 bridgehead atoms. The summed E-state index contributed by atoms with van der Waals surface area (Å²) in [5.41, 5.74) is 0.836. The molecule has 0 saturated heterocycles. The van der Waals surface area contributed by atoms with Gasteiger partial charge in [0.05, 0.1) is 26.3 Å². The minimum atomic E-state index is 0.439. The standard InChI is InChI=1S/C22H28N4O2S/c1-27-19-12-17-18(13-20(19)28-2)25-22(23-14-16-10-7-11-29-16)26-21(17)24-15-8-5-3-4-6-9-15/h7,10-13,15H,3-6,8-9,14H2,1-2H3,(H2,23,24,25,26). The first kappa shape index (κ1) is 19.8. The molecule has 2 heterocycles. The Morgan fingerprint density at radius 3 is 2.48 bits per heavy atom. The predicted octanol–water partition coefficient (Wildman–Crippen LogP) is 5.46. The molecule has 7 heteroatoms. The van der Waals surface area contributed by atoms with Gasteiger partial charge in [-0.25, -0.2) is 4.98 Å². The van der Waals surface area contributed by atoms with Gasteiger partial charge in [0.2, 0.25) is 5.95 Å². The molecule has 0 spiro atoms. The second-order valence-electron chi connectivity index (χ2n) is 7.39. The van der Waals surface area contributed by atoms with Crippen molar-refractivity contribution in [3.05, 3.63) is 34.5 Å². The van der Waals surface area contributed by atoms with Gasteiger partial charge in [-0.05, 0) is 30.4 Å². The lowest BCUT2D eigenvalue weighted by atomic mass is 10.1. The first-order valence-electron chi connectivity index (χ1n) is 10.2. The number of fused-ring (bicyclic) bond motifs is 1. The molecule has 6 nitrogen and oxygen atoms in total. The molecular formula is C22H28N4O2S. The summed E-state index contributed by atoms with van der Waals surface area (Å²) in [5.74, 6) is 2.83. The number of ether oxygens (including phenoxy) is 2. The summed E-state index contributed by atoms with van der Waals surface area (Å²) in [5, 5.41) is 10.1. The summed E-state index contributed by atoms with van der Waals surface area (Å²) >= 11 is 1.72. The number of rotatable bonds is 7. The van der Waals surface area contributed by atoms with Crippen LogP contribution in [0.1, 0.15) is 43.4 Å². The quantitative estimate of drug-likeness (QED) is 0.503. The number of thiophene rings is 1. The molecular weight excluding hydrogens is 384 g/mol. The van der Waals surface area contributed by atoms with Gasteiger partial charge in [-0.3, -0.25) is 0 Å². The minimum Gasteiger partial charge on any atom is -0.493 e. The third-order valence-electron chi connectivity index (χ3n) is 5.40. The van der Waals surface area contributed by atoms with Crippen LogP contribution >= 0.6 is 11.3 Å². The van der Waals surface area contributed by atoms with Crippen LogP contribution in [-0.2, 0) is 6.54 Å². The average molecular weight is 413 g/mol. The zero-order chi connectivity index (χ0) is 20.1. The molecule has 0 aliphatic heterocycles. The average Bonchev–Trinajstić information content (AvgIpc) is 3.14. The van der Waals surface area contributed by atoms with Gasteiger partial charge < -0.3 is 20.1 Å². The largest absolute Gasteiger partial charge is 0.493 e. The van der Waals surface area contributed by atoms with Crippen LogP contribution in [0.25, 0.3) is 10.9 Å². The predicted molar refractivity (Wildman–Crippen MR) is 119 cm³/mol. The highest BCUT2D eigenvalue weighted by molar-refractivity contribution is 7.09. The highest BCUT2D eigenvalue weighted by Crippen LogP contribution is 2.35. The van der Waals surface area contributed by atoms with Crippen molar-refractivity contribution in [1.82, 2.24) is 9.97 Å². The number of hydrogen-bond acceptors (Lipinski definition) is 7. The van der Waals surface area contributed by atoms with Gasteiger partial charge in [0, 0.05) is 22.4 Å². The molecule has 29 heavy (non-hydrogen) atoms. The Bertz CT molecular complexity index is 938. The van der Waals surface area contributed by atoms with Gasteiger partial charge in [-0.15, -0.1) is 11.3 Å². The molecule has 2 N–H and O–H groups in total. The van der Waals surface area contributed by atoms with Crippen molar-refractivity contribution < 1.29 is 9.47 Å². The first-order chi connectivity index (χ1) is 14.3. The van der Waals surface area contributed by atoms with Crippen molar-refractivity contribution in [3.8, 4) is 11.5 Å². The molecule has 0 radical (unpaired) electrons. The van der Waals surface area contributed by atoms with E-state index in [-0.39, 0.29) is 0 Å². The summed E-state index contributed by atoms with van der Waals surface area (Å²) in [6.07, 6.45) is 7.53. The van der Waals surface area contributed by atoms with Gasteiger partial charge in [0.15, 0.2) is 11.5 Å². The van der Waals surface area contributed by atoms with Crippen LogP contribution in [0.4, 0.5) is 11.8 Å². The van der Waals surface area contributed by atoms with Gasteiger partial charge in [-0.1, -0.05) is 31.7 Å². The van der Waals surface area contributed by atoms with Crippen molar-refractivity contribution in [2.75, 3.05) is 24.9 Å². The normalized spacial score (nSPS) is 15.1. The van der Waals surface area contributed by atoms with E-state index in [9.17, 15) is 0 Å². The van der Waals surface area contributed by atoms with Crippen LogP contribution in [0.15, 0.2) is 29.6 Å². The smallest absolute Gasteiger partial charge is 0.225 e. The molecule has 1 aliphatic rings. The topological polar surface area (TPSA) is 68.3 Å². The highest BCUT2D eigenvalue weighted by atomic mass is 32.1. The van der Waals surface area contributed by atoms with E-state index in [1.54, 1.807) is 25.6 Å². The van der Waals surface area contributed by atoms with Crippen LogP contribution in [0.2, 0.25) is 0 Å². The third-order valence-corrected chi connectivity index (χ3v) is 6.27. The lowest BCUT2D eigenvalue weighted by Crippen LogP contribution is -2.20. The van der Waals surface area contributed by atoms with Gasteiger partial charge in [0.1, 0.15) is 5.82 Å². The monoisotopic (exact) mass is 412 g/mol. The van der Waals surface area contributed by atoms with E-state index in [1.807, 2.05) is 12.1 Å². The molecule has 1 aromatic carbocycles. The van der Waals surface area contributed by atoms with E-state index < -0.39 is 0 Å². The zero-order valence-corrected chi connectivity index (χ0v) is 17.8. The molecule has 0 amide bonds. The highest BCUT2D eigenvalue weighted by Gasteiger charge is 2.17. The molecule has 0 unspecified atom stereocenters. The van der Waals surface area contributed by atoms with Gasteiger partial charge >= 0.3 is 0 Å². The number of methoxy groups -OCH3 is 2. The maximum atomic E-state index is 5.51. The number of nitrogens with one attached hydrogen (secondary N) is 2. The summed E-state index contributed by atoms with van der Waals surface area (Å²) in [6, 6.07) is 8.49. The number of aromatic nitrogens is 2. The number of anilines is 2. The Labute approximate surface area is 175 Å². The Hall–Kier alpha value is -2.54. The van der Waals surface area contributed by atoms with E-state index in [0.29, 0.717) is 30.0 Å². The molecule has 3 aromatic rings. The lowest BCUT2D eigenvalue weighted by Gasteiger charge is -2.19. The van der Waals surface area contributed by atoms with Crippen molar-refractivity contribution in [1.29, 1.82) is 0 Å². The van der Waals surface area contributed by atoms with E-state index in [2.05, 4.69) is 28.1 Å². The van der Waals surface area contributed by atoms with Crippen molar-refractivity contribution in [2.45, 2.75) is 51.1 Å². The number of nitrogens with zero attached hydrogens (tertiary/aromatic N) is 2. The molecule has 154 valence electrons. The Morgan fingerprint density at radius 1 is 1.03 bits per heavy atom. The summed E-state index contributed by atoms with van der Waals surface area (Å²) in [7, 11) is 3.30. The van der Waals surface area contributed by atoms with Crippen LogP contribution in [0.3, 0.4) is 0 Å². The van der Waals surface area contributed by atoms with Crippen LogP contribution < -0.4 is 20.1 Å². The summed E-state index contributed by atoms with van der Waals surface area (Å²) in [4.78, 5) is 10.8. The summed E-state index contributed by atoms with van der Waals surface area (Å²) < 4.78 is 11.0. The molecule has 1 aliphatic carbocycles. The van der Waals surface area contributed by atoms with Gasteiger partial charge in [0.25, 0.3) is 0 Å². The van der Waals surface area contributed by atoms with E-state index in [1.165, 1.54) is 43.4 Å². The number of benzene rings is 1. The van der Waals surface area contributed by atoms with Crippen molar-refractivity contribution >= 4 is 34.0 Å². The molecule has 1 saturated carbocycles. The minimum absolute atomic E-state index is 0.439. The molecule has 2 aromatic heterocycles. The third kappa shape index (κ3) is 4.72.